The number of aromatic amines is 1. The number of H-pyrrole nitrogens is 1. The Bertz CT molecular complexity index is 1010. The van der Waals surface area contributed by atoms with Crippen molar-refractivity contribution in [3.63, 3.8) is 0 Å². The number of benzene rings is 1. The molecule has 0 fully saturated rings. The topological polar surface area (TPSA) is 188 Å². The summed E-state index contributed by atoms with van der Waals surface area (Å²) in [6, 6.07) is 6.09. The summed E-state index contributed by atoms with van der Waals surface area (Å²) in [5.41, 5.74) is 15.1. The molecule has 1 aromatic carbocycles. The molecular weight excluding hydrogens is 406 g/mol. The maximum atomic E-state index is 12.8. The first-order chi connectivity index (χ1) is 14.8. The summed E-state index contributed by atoms with van der Waals surface area (Å²) in [5.74, 6) is -3.22. The summed E-state index contributed by atoms with van der Waals surface area (Å²) in [5, 5.41) is 12.6. The zero-order chi connectivity index (χ0) is 22.8. The van der Waals surface area contributed by atoms with Crippen LogP contribution in [0.3, 0.4) is 0 Å². The summed E-state index contributed by atoms with van der Waals surface area (Å²) in [4.78, 5) is 52.4. The highest BCUT2D eigenvalue weighted by atomic mass is 16.5. The van der Waals surface area contributed by atoms with E-state index in [0.717, 1.165) is 16.5 Å². The number of ketones is 1. The predicted molar refractivity (Wildman–Crippen MR) is 109 cm³/mol. The average Bonchev–Trinajstić information content (AvgIpc) is 3.13. The number of hydrogen-bond acceptors (Lipinski definition) is 5. The molecular formula is C20H23N5O6. The van der Waals surface area contributed by atoms with Crippen molar-refractivity contribution in [2.24, 2.45) is 5.73 Å². The first-order valence-electron chi connectivity index (χ1n) is 9.50. The lowest BCUT2D eigenvalue weighted by Crippen LogP contribution is -2.47. The van der Waals surface area contributed by atoms with Gasteiger partial charge in [-0.3, -0.25) is 14.4 Å². The molecule has 0 bridgehead atoms. The van der Waals surface area contributed by atoms with Crippen molar-refractivity contribution < 1.29 is 33.8 Å². The molecule has 31 heavy (non-hydrogen) atoms. The van der Waals surface area contributed by atoms with Crippen molar-refractivity contribution >= 4 is 40.7 Å². The fourth-order valence-electron chi connectivity index (χ4n) is 2.97. The van der Waals surface area contributed by atoms with Gasteiger partial charge in [0.15, 0.2) is 0 Å². The SMILES string of the molecule is [N-]=[N+]=CC(=O)CC[C@H](NC(=O)[C@H](Cc1c[nH]c2ccccc12)OCCC(N)=O)C(=O)O. The van der Waals surface area contributed by atoms with Gasteiger partial charge in [0.2, 0.25) is 17.6 Å². The van der Waals surface area contributed by atoms with Crippen molar-refractivity contribution in [2.75, 3.05) is 6.61 Å². The maximum Gasteiger partial charge on any atom is 0.326 e. The molecule has 0 saturated heterocycles. The minimum atomic E-state index is -1.35. The highest BCUT2D eigenvalue weighted by molar-refractivity contribution is 6.25. The van der Waals surface area contributed by atoms with Crippen LogP contribution in [0, 0.1) is 0 Å². The number of aromatic nitrogens is 1. The Hall–Kier alpha value is -3.82. The van der Waals surface area contributed by atoms with Gasteiger partial charge in [0.25, 0.3) is 0 Å². The van der Waals surface area contributed by atoms with Crippen LogP contribution in [0.25, 0.3) is 16.4 Å². The van der Waals surface area contributed by atoms with E-state index < -0.39 is 35.7 Å². The van der Waals surface area contributed by atoms with E-state index in [1.54, 1.807) is 6.20 Å². The number of carbonyl (C=O) groups is 4. The molecule has 11 heteroatoms. The van der Waals surface area contributed by atoms with Gasteiger partial charge in [-0.2, -0.15) is 4.79 Å². The second-order valence-electron chi connectivity index (χ2n) is 6.79. The Balaban J connectivity index is 2.13. The highest BCUT2D eigenvalue weighted by Gasteiger charge is 2.27. The largest absolute Gasteiger partial charge is 0.480 e. The molecule has 0 aliphatic rings. The number of nitrogens with two attached hydrogens (primary N) is 1. The number of aliphatic carboxylic acids is 1. The number of fused-ring (bicyclic) bond motifs is 1. The van der Waals surface area contributed by atoms with E-state index in [1.807, 2.05) is 24.3 Å². The number of rotatable bonds is 13. The highest BCUT2D eigenvalue weighted by Crippen LogP contribution is 2.20. The van der Waals surface area contributed by atoms with E-state index in [1.165, 1.54) is 0 Å². The molecule has 0 aliphatic carbocycles. The molecule has 164 valence electrons. The lowest BCUT2D eigenvalue weighted by atomic mass is 10.0. The van der Waals surface area contributed by atoms with Crippen LogP contribution in [0.15, 0.2) is 30.5 Å². The van der Waals surface area contributed by atoms with Crippen molar-refractivity contribution in [2.45, 2.75) is 37.8 Å². The van der Waals surface area contributed by atoms with Gasteiger partial charge in [-0.1, -0.05) is 18.2 Å². The van der Waals surface area contributed by atoms with Crippen molar-refractivity contribution in [1.29, 1.82) is 0 Å². The molecule has 2 aromatic rings. The molecule has 0 spiro atoms. The van der Waals surface area contributed by atoms with Gasteiger partial charge < -0.3 is 31.4 Å². The number of carbonyl (C=O) groups excluding carboxylic acids is 3. The van der Waals surface area contributed by atoms with E-state index in [-0.39, 0.29) is 32.3 Å². The zero-order valence-corrected chi connectivity index (χ0v) is 16.6. The number of ether oxygens (including phenoxy) is 1. The third-order valence-corrected chi connectivity index (χ3v) is 4.54. The molecule has 2 atom stereocenters. The number of nitrogens with zero attached hydrogens (tertiary/aromatic N) is 2. The smallest absolute Gasteiger partial charge is 0.326 e. The van der Waals surface area contributed by atoms with Crippen LogP contribution in [0.5, 0.6) is 0 Å². The summed E-state index contributed by atoms with van der Waals surface area (Å²) < 4.78 is 5.54. The summed E-state index contributed by atoms with van der Waals surface area (Å²) in [6.07, 6.45) is 0.878. The van der Waals surface area contributed by atoms with E-state index in [9.17, 15) is 24.3 Å². The Kier molecular flexibility index (Phi) is 8.62. The second kappa shape index (κ2) is 11.4. The van der Waals surface area contributed by atoms with Gasteiger partial charge in [-0.25, -0.2) is 4.79 Å². The summed E-state index contributed by atoms with van der Waals surface area (Å²) in [6.45, 7) is -0.112. The standard InChI is InChI=1S/C20H23N5O6/c21-18(27)7-8-31-17(9-12-10-23-15-4-2-1-3-14(12)15)19(28)25-16(20(29)30)6-5-13(26)11-24-22/h1-4,10-11,16-17,23H,5-9H2,(H2,21,27)(H,25,28)(H,29,30)/t16-,17-/m0/s1. The van der Waals surface area contributed by atoms with Gasteiger partial charge in [0, 0.05) is 36.4 Å². The molecule has 0 radical (unpaired) electrons. The molecule has 11 nitrogen and oxygen atoms in total. The normalized spacial score (nSPS) is 12.5. The van der Waals surface area contributed by atoms with Crippen LogP contribution in [0.1, 0.15) is 24.8 Å². The molecule has 0 saturated carbocycles. The van der Waals surface area contributed by atoms with Crippen LogP contribution < -0.4 is 11.1 Å². The van der Waals surface area contributed by atoms with Crippen molar-refractivity contribution in [1.82, 2.24) is 10.3 Å². The Morgan fingerprint density at radius 3 is 2.68 bits per heavy atom. The fraction of sp³-hybridized carbons (Fsp3) is 0.350. The first-order valence-corrected chi connectivity index (χ1v) is 9.50. The molecule has 0 unspecified atom stereocenters. The van der Waals surface area contributed by atoms with Crippen LogP contribution >= 0.6 is 0 Å². The van der Waals surface area contributed by atoms with Crippen molar-refractivity contribution in [3.05, 3.63) is 41.6 Å². The second-order valence-corrected chi connectivity index (χ2v) is 6.79. The number of nitrogens with one attached hydrogen (secondary N) is 2. The number of carboxylic acids is 1. The molecule has 2 rings (SSSR count). The Morgan fingerprint density at radius 2 is 2.00 bits per heavy atom. The minimum absolute atomic E-state index is 0.102. The molecule has 2 amide bonds. The maximum absolute atomic E-state index is 12.8. The number of primary amides is 1. The number of amides is 2. The number of carboxylic acid groups (broad SMARTS) is 1. The van der Waals surface area contributed by atoms with Gasteiger partial charge in [0.1, 0.15) is 12.1 Å². The van der Waals surface area contributed by atoms with Gasteiger partial charge in [0.05, 0.1) is 6.61 Å². The van der Waals surface area contributed by atoms with E-state index in [0.29, 0.717) is 6.21 Å². The first kappa shape index (κ1) is 23.5. The average molecular weight is 429 g/mol. The van der Waals surface area contributed by atoms with E-state index >= 15 is 0 Å². The van der Waals surface area contributed by atoms with Crippen LogP contribution in [-0.2, 0) is 30.3 Å². The lowest BCUT2D eigenvalue weighted by molar-refractivity contribution is -0.144. The number of para-hydroxylation sites is 1. The summed E-state index contributed by atoms with van der Waals surface area (Å²) >= 11 is 0. The monoisotopic (exact) mass is 429 g/mol. The van der Waals surface area contributed by atoms with Crippen LogP contribution in [0.4, 0.5) is 0 Å². The van der Waals surface area contributed by atoms with Crippen LogP contribution in [-0.4, -0.2) is 63.4 Å². The fourth-order valence-corrected chi connectivity index (χ4v) is 2.97. The third-order valence-electron chi connectivity index (χ3n) is 4.54. The van der Waals surface area contributed by atoms with Crippen molar-refractivity contribution in [3.8, 4) is 0 Å². The van der Waals surface area contributed by atoms with E-state index in [4.69, 9.17) is 16.0 Å². The van der Waals surface area contributed by atoms with Gasteiger partial charge in [-0.15, -0.1) is 0 Å². The molecule has 5 N–H and O–H groups in total. The number of Topliss-reactive ketones (excluding diaryl/α,β-unsaturated/α-hetero) is 1. The third kappa shape index (κ3) is 7.18. The Labute approximate surface area is 177 Å². The van der Waals surface area contributed by atoms with E-state index in [2.05, 4.69) is 15.1 Å². The quantitative estimate of drug-likeness (QED) is 0.200. The van der Waals surface area contributed by atoms with Gasteiger partial charge in [-0.05, 0) is 18.1 Å². The minimum Gasteiger partial charge on any atom is -0.480 e. The van der Waals surface area contributed by atoms with Gasteiger partial charge >= 0.3 is 12.2 Å². The zero-order valence-electron chi connectivity index (χ0n) is 16.6. The molecule has 1 heterocycles. The molecule has 0 aliphatic heterocycles. The number of hydrogen-bond donors (Lipinski definition) is 4. The lowest BCUT2D eigenvalue weighted by Gasteiger charge is -2.20. The van der Waals surface area contributed by atoms with Crippen LogP contribution in [0.2, 0.25) is 0 Å². The summed E-state index contributed by atoms with van der Waals surface area (Å²) in [7, 11) is 0. The molecule has 1 aromatic heterocycles. The predicted octanol–water partition coefficient (Wildman–Crippen LogP) is 0.190. The Morgan fingerprint density at radius 1 is 1.26 bits per heavy atom.